The highest BCUT2D eigenvalue weighted by Crippen LogP contribution is 2.35. The first-order valence-corrected chi connectivity index (χ1v) is 12.0. The summed E-state index contributed by atoms with van der Waals surface area (Å²) in [7, 11) is -3.89. The van der Waals surface area contributed by atoms with Crippen molar-refractivity contribution in [1.82, 2.24) is 5.32 Å². The Morgan fingerprint density at radius 1 is 1.20 bits per heavy atom. The van der Waals surface area contributed by atoms with Crippen LogP contribution in [0.4, 0.5) is 5.69 Å². The first-order valence-electron chi connectivity index (χ1n) is 9.66. The molecule has 1 saturated heterocycles. The number of thiophene rings is 1. The van der Waals surface area contributed by atoms with E-state index < -0.39 is 28.5 Å². The van der Waals surface area contributed by atoms with Crippen molar-refractivity contribution in [2.45, 2.75) is 37.1 Å². The summed E-state index contributed by atoms with van der Waals surface area (Å²) in [5.41, 5.74) is 0.601. The molecule has 1 aromatic carbocycles. The van der Waals surface area contributed by atoms with Gasteiger partial charge in [0, 0.05) is 17.8 Å². The topological polar surface area (TPSA) is 105 Å². The summed E-state index contributed by atoms with van der Waals surface area (Å²) in [6, 6.07) is 8.19. The van der Waals surface area contributed by atoms with Gasteiger partial charge in [-0.25, -0.2) is 4.79 Å². The molecule has 4 rings (SSSR count). The third-order valence-electron chi connectivity index (χ3n) is 4.96. The van der Waals surface area contributed by atoms with Gasteiger partial charge in [0.1, 0.15) is 10.7 Å². The van der Waals surface area contributed by atoms with Crippen molar-refractivity contribution in [3.63, 3.8) is 0 Å². The van der Waals surface area contributed by atoms with Gasteiger partial charge in [-0.05, 0) is 42.5 Å². The Kier molecular flexibility index (Phi) is 5.87. The van der Waals surface area contributed by atoms with E-state index >= 15 is 0 Å². The lowest BCUT2D eigenvalue weighted by molar-refractivity contribution is -0.124. The number of amidine groups is 1. The molecular formula is C20H21N3O5S2. The summed E-state index contributed by atoms with van der Waals surface area (Å²) in [5.74, 6) is -0.635. The predicted molar refractivity (Wildman–Crippen MR) is 113 cm³/mol. The summed E-state index contributed by atoms with van der Waals surface area (Å²) in [4.78, 5) is 27.2. The minimum absolute atomic E-state index is 0.00949. The summed E-state index contributed by atoms with van der Waals surface area (Å²) >= 11 is 1.51. The van der Waals surface area contributed by atoms with Crippen LogP contribution in [0.15, 0.2) is 45.0 Å². The van der Waals surface area contributed by atoms with Crippen molar-refractivity contribution in [2.24, 2.45) is 4.40 Å². The van der Waals surface area contributed by atoms with Crippen molar-refractivity contribution in [1.29, 1.82) is 0 Å². The standard InChI is InChI=1S/C20H21N3O5S2/c24-19(21-12-15-5-4-10-29-15)13-28-20(25)14-7-8-16-17(11-14)30(26,27)22-18-6-2-1-3-9-23(16)18/h4-5,7-8,10-11H,1-3,6,9,12-13H2,(H,21,24). The number of nitrogens with one attached hydrogen (secondary N) is 1. The Hall–Kier alpha value is -2.72. The van der Waals surface area contributed by atoms with E-state index in [1.807, 2.05) is 22.4 Å². The highest BCUT2D eigenvalue weighted by atomic mass is 32.2. The number of amides is 1. The maximum atomic E-state index is 12.6. The molecule has 1 N–H and O–H groups in total. The van der Waals surface area contributed by atoms with Crippen LogP contribution in [0.1, 0.15) is 40.9 Å². The van der Waals surface area contributed by atoms with Crippen LogP contribution >= 0.6 is 11.3 Å². The number of esters is 1. The van der Waals surface area contributed by atoms with Crippen LogP contribution in [0.3, 0.4) is 0 Å². The molecule has 1 aromatic heterocycles. The number of anilines is 1. The van der Waals surface area contributed by atoms with Crippen LogP contribution in [-0.2, 0) is 26.1 Å². The molecule has 0 atom stereocenters. The van der Waals surface area contributed by atoms with Gasteiger partial charge in [0.05, 0.1) is 17.8 Å². The summed E-state index contributed by atoms with van der Waals surface area (Å²) in [5, 5.41) is 4.57. The number of hydrogen-bond donors (Lipinski definition) is 1. The maximum Gasteiger partial charge on any atom is 0.338 e. The van der Waals surface area contributed by atoms with Crippen molar-refractivity contribution < 1.29 is 22.7 Å². The van der Waals surface area contributed by atoms with Crippen molar-refractivity contribution in [3.05, 3.63) is 46.2 Å². The molecule has 158 valence electrons. The van der Waals surface area contributed by atoms with Gasteiger partial charge in [0.2, 0.25) is 0 Å². The lowest BCUT2D eigenvalue weighted by Gasteiger charge is -2.29. The highest BCUT2D eigenvalue weighted by Gasteiger charge is 2.32. The lowest BCUT2D eigenvalue weighted by Crippen LogP contribution is -2.35. The number of rotatable bonds is 5. The zero-order valence-corrected chi connectivity index (χ0v) is 17.8. The summed E-state index contributed by atoms with van der Waals surface area (Å²) < 4.78 is 34.3. The minimum atomic E-state index is -3.89. The number of carbonyl (C=O) groups is 2. The fraction of sp³-hybridized carbons (Fsp3) is 0.350. The Bertz CT molecular complexity index is 1090. The van der Waals surface area contributed by atoms with Crippen LogP contribution in [0.25, 0.3) is 0 Å². The average molecular weight is 448 g/mol. The molecule has 1 amide bonds. The van der Waals surface area contributed by atoms with E-state index in [1.54, 1.807) is 6.07 Å². The smallest absolute Gasteiger partial charge is 0.338 e. The molecule has 0 radical (unpaired) electrons. The molecule has 3 heterocycles. The Balaban J connectivity index is 1.45. The largest absolute Gasteiger partial charge is 0.452 e. The lowest BCUT2D eigenvalue weighted by atomic mass is 10.2. The third kappa shape index (κ3) is 4.39. The second-order valence-electron chi connectivity index (χ2n) is 7.06. The molecule has 2 aliphatic heterocycles. The van der Waals surface area contributed by atoms with Crippen LogP contribution in [0.5, 0.6) is 0 Å². The summed E-state index contributed by atoms with van der Waals surface area (Å²) in [6.07, 6.45) is 3.48. The monoisotopic (exact) mass is 447 g/mol. The van der Waals surface area contributed by atoms with Gasteiger partial charge in [-0.2, -0.15) is 8.42 Å². The maximum absolute atomic E-state index is 12.6. The van der Waals surface area contributed by atoms with E-state index in [0.717, 1.165) is 24.1 Å². The van der Waals surface area contributed by atoms with E-state index in [2.05, 4.69) is 9.71 Å². The van der Waals surface area contributed by atoms with Gasteiger partial charge in [0.15, 0.2) is 6.61 Å². The molecule has 0 bridgehead atoms. The normalized spacial score (nSPS) is 17.2. The number of carbonyl (C=O) groups excluding carboxylic acids is 2. The zero-order valence-electron chi connectivity index (χ0n) is 16.2. The van der Waals surface area contributed by atoms with E-state index in [-0.39, 0.29) is 10.5 Å². The number of ether oxygens (including phenoxy) is 1. The Morgan fingerprint density at radius 2 is 2.07 bits per heavy atom. The molecule has 0 aliphatic carbocycles. The average Bonchev–Trinajstić information content (AvgIpc) is 3.15. The second-order valence-corrected chi connectivity index (χ2v) is 9.66. The molecule has 30 heavy (non-hydrogen) atoms. The number of fused-ring (bicyclic) bond motifs is 3. The zero-order chi connectivity index (χ0) is 21.1. The Labute approximate surface area is 178 Å². The van der Waals surface area contributed by atoms with E-state index in [9.17, 15) is 18.0 Å². The minimum Gasteiger partial charge on any atom is -0.452 e. The van der Waals surface area contributed by atoms with Crippen molar-refractivity contribution in [3.8, 4) is 0 Å². The molecule has 0 spiro atoms. The van der Waals surface area contributed by atoms with Crippen LogP contribution in [0, 0.1) is 0 Å². The Morgan fingerprint density at radius 3 is 2.87 bits per heavy atom. The number of nitrogens with zero attached hydrogens (tertiary/aromatic N) is 2. The van der Waals surface area contributed by atoms with Gasteiger partial charge in [-0.3, -0.25) is 4.79 Å². The van der Waals surface area contributed by atoms with Crippen LogP contribution in [-0.4, -0.2) is 39.3 Å². The first-order chi connectivity index (χ1) is 14.4. The third-order valence-corrected chi connectivity index (χ3v) is 7.17. The molecule has 0 unspecified atom stereocenters. The highest BCUT2D eigenvalue weighted by molar-refractivity contribution is 7.90. The SMILES string of the molecule is O=C(COC(=O)c1ccc2c(c1)S(=O)(=O)N=C1CCCCCN12)NCc1cccs1. The van der Waals surface area contributed by atoms with Gasteiger partial charge in [-0.15, -0.1) is 15.7 Å². The number of hydrogen-bond acceptors (Lipinski definition) is 7. The molecule has 1 fully saturated rings. The first kappa shape index (κ1) is 20.5. The summed E-state index contributed by atoms with van der Waals surface area (Å²) in [6.45, 7) is 0.610. The molecule has 2 aliphatic rings. The molecule has 2 aromatic rings. The predicted octanol–water partition coefficient (Wildman–Crippen LogP) is 2.70. The quantitative estimate of drug-likeness (QED) is 0.707. The van der Waals surface area contributed by atoms with E-state index in [1.165, 1.54) is 23.5 Å². The fourth-order valence-electron chi connectivity index (χ4n) is 3.47. The number of sulfonamides is 1. The van der Waals surface area contributed by atoms with Crippen LogP contribution < -0.4 is 10.2 Å². The number of benzene rings is 1. The fourth-order valence-corrected chi connectivity index (χ4v) is 5.40. The second kappa shape index (κ2) is 8.57. The van der Waals surface area contributed by atoms with E-state index in [4.69, 9.17) is 4.74 Å². The molecular weight excluding hydrogens is 426 g/mol. The molecule has 10 heteroatoms. The van der Waals surface area contributed by atoms with Gasteiger partial charge >= 0.3 is 5.97 Å². The van der Waals surface area contributed by atoms with Gasteiger partial charge in [0.25, 0.3) is 15.9 Å². The molecule has 0 saturated carbocycles. The van der Waals surface area contributed by atoms with Gasteiger partial charge in [-0.1, -0.05) is 12.5 Å². The van der Waals surface area contributed by atoms with Crippen molar-refractivity contribution >= 4 is 44.8 Å². The van der Waals surface area contributed by atoms with E-state index in [0.29, 0.717) is 31.0 Å². The molecule has 8 nitrogen and oxygen atoms in total. The van der Waals surface area contributed by atoms with Crippen LogP contribution in [0.2, 0.25) is 0 Å². The van der Waals surface area contributed by atoms with Crippen molar-refractivity contribution in [2.75, 3.05) is 18.1 Å². The van der Waals surface area contributed by atoms with Gasteiger partial charge < -0.3 is 15.0 Å².